The monoisotopic (exact) mass is 384 g/mol. The van der Waals surface area contributed by atoms with E-state index in [0.717, 1.165) is 0 Å². The molecule has 3 aromatic rings. The molecule has 0 atom stereocenters. The first kappa shape index (κ1) is 19.5. The Morgan fingerprint density at radius 2 is 1.52 bits per heavy atom. The highest BCUT2D eigenvalue weighted by atomic mass is 16.5. The zero-order valence-corrected chi connectivity index (χ0v) is 15.3. The van der Waals surface area contributed by atoms with Crippen LogP contribution in [0.15, 0.2) is 78.9 Å². The van der Waals surface area contributed by atoms with Crippen molar-refractivity contribution in [3.05, 3.63) is 101 Å². The van der Waals surface area contributed by atoms with Gasteiger partial charge in [0.2, 0.25) is 0 Å². The van der Waals surface area contributed by atoms with Crippen LogP contribution in [-0.4, -0.2) is 24.3 Å². The number of Topliss-reactive ketones (excluding diaryl/α,β-unsaturated/α-hetero) is 1. The number of anilines is 1. The largest absolute Gasteiger partial charge is 0.454 e. The van der Waals surface area contributed by atoms with Gasteiger partial charge in [-0.05, 0) is 54.6 Å². The number of hydrogen-bond donors (Lipinski definition) is 1. The Morgan fingerprint density at radius 3 is 2.21 bits per heavy atom. The topological polar surface area (TPSA) is 96.3 Å². The second kappa shape index (κ2) is 9.11. The summed E-state index contributed by atoms with van der Waals surface area (Å²) >= 11 is 0. The van der Waals surface area contributed by atoms with Crippen molar-refractivity contribution >= 4 is 23.3 Å². The van der Waals surface area contributed by atoms with Gasteiger partial charge in [0.05, 0.1) is 17.2 Å². The molecule has 1 N–H and O–H groups in total. The molecule has 6 heteroatoms. The Hall–Kier alpha value is -4.24. The summed E-state index contributed by atoms with van der Waals surface area (Å²) in [6.45, 7) is -0.425. The number of hydrogen-bond acceptors (Lipinski definition) is 5. The number of ether oxygens (including phenoxy) is 1. The quantitative estimate of drug-likeness (QED) is 0.514. The fourth-order valence-corrected chi connectivity index (χ4v) is 2.55. The van der Waals surface area contributed by atoms with Crippen LogP contribution in [0.3, 0.4) is 0 Å². The Kier molecular flexibility index (Phi) is 6.13. The third-order valence-corrected chi connectivity index (χ3v) is 4.06. The first-order valence-electron chi connectivity index (χ1n) is 8.74. The van der Waals surface area contributed by atoms with Gasteiger partial charge in [0.15, 0.2) is 12.4 Å². The molecule has 0 aliphatic carbocycles. The number of esters is 1. The van der Waals surface area contributed by atoms with E-state index in [9.17, 15) is 14.4 Å². The van der Waals surface area contributed by atoms with Crippen molar-refractivity contribution in [2.75, 3.05) is 11.9 Å². The van der Waals surface area contributed by atoms with Crippen LogP contribution in [0.1, 0.15) is 36.6 Å². The summed E-state index contributed by atoms with van der Waals surface area (Å²) in [6.07, 6.45) is 0. The Bertz CT molecular complexity index is 1080. The minimum Gasteiger partial charge on any atom is -0.454 e. The van der Waals surface area contributed by atoms with Crippen LogP contribution in [0.5, 0.6) is 0 Å². The molecular formula is C23H16N2O4. The predicted octanol–water partition coefficient (Wildman–Crippen LogP) is 3.85. The number of benzene rings is 3. The maximum atomic E-state index is 12.2. The maximum Gasteiger partial charge on any atom is 0.338 e. The van der Waals surface area contributed by atoms with Crippen LogP contribution in [0, 0.1) is 11.3 Å². The third kappa shape index (κ3) is 5.15. The molecule has 0 saturated heterocycles. The van der Waals surface area contributed by atoms with Crippen LogP contribution >= 0.6 is 0 Å². The molecule has 1 amide bonds. The van der Waals surface area contributed by atoms with E-state index in [1.807, 2.05) is 12.1 Å². The number of nitrogens with zero attached hydrogens (tertiary/aromatic N) is 1. The van der Waals surface area contributed by atoms with E-state index in [1.165, 1.54) is 12.1 Å². The number of carbonyl (C=O) groups excluding carboxylic acids is 3. The van der Waals surface area contributed by atoms with Crippen molar-refractivity contribution in [3.8, 4) is 6.07 Å². The lowest BCUT2D eigenvalue weighted by molar-refractivity contribution is 0.0474. The lowest BCUT2D eigenvalue weighted by Crippen LogP contribution is -2.15. The number of rotatable bonds is 6. The smallest absolute Gasteiger partial charge is 0.338 e. The van der Waals surface area contributed by atoms with Gasteiger partial charge in [-0.15, -0.1) is 0 Å². The lowest BCUT2D eigenvalue weighted by Gasteiger charge is -2.07. The van der Waals surface area contributed by atoms with Gasteiger partial charge in [-0.3, -0.25) is 9.59 Å². The summed E-state index contributed by atoms with van der Waals surface area (Å²) < 4.78 is 5.03. The minimum atomic E-state index is -0.679. The molecule has 0 unspecified atom stereocenters. The van der Waals surface area contributed by atoms with Gasteiger partial charge in [0.1, 0.15) is 0 Å². The van der Waals surface area contributed by atoms with Crippen molar-refractivity contribution in [2.45, 2.75) is 0 Å². The molecule has 0 spiro atoms. The summed E-state index contributed by atoms with van der Waals surface area (Å²) in [5, 5.41) is 11.6. The van der Waals surface area contributed by atoms with Gasteiger partial charge in [0, 0.05) is 16.8 Å². The summed E-state index contributed by atoms with van der Waals surface area (Å²) in [6, 6.07) is 23.1. The molecule has 0 aromatic heterocycles. The van der Waals surface area contributed by atoms with Crippen LogP contribution in [0.4, 0.5) is 5.69 Å². The molecule has 3 rings (SSSR count). The molecule has 142 valence electrons. The highest BCUT2D eigenvalue weighted by Crippen LogP contribution is 2.13. The van der Waals surface area contributed by atoms with Crippen molar-refractivity contribution in [1.82, 2.24) is 0 Å². The predicted molar refractivity (Wildman–Crippen MR) is 107 cm³/mol. The van der Waals surface area contributed by atoms with Crippen molar-refractivity contribution < 1.29 is 19.1 Å². The zero-order valence-electron chi connectivity index (χ0n) is 15.3. The second-order valence-electron chi connectivity index (χ2n) is 6.09. The molecule has 3 aromatic carbocycles. The normalized spacial score (nSPS) is 9.90. The molecule has 0 radical (unpaired) electrons. The molecule has 0 saturated carbocycles. The molecule has 0 bridgehead atoms. The van der Waals surface area contributed by atoms with Crippen LogP contribution in [0.25, 0.3) is 0 Å². The van der Waals surface area contributed by atoms with E-state index >= 15 is 0 Å². The van der Waals surface area contributed by atoms with Crippen LogP contribution in [0.2, 0.25) is 0 Å². The highest BCUT2D eigenvalue weighted by molar-refractivity contribution is 6.05. The Morgan fingerprint density at radius 1 is 0.828 bits per heavy atom. The molecule has 0 aliphatic rings. The molecule has 0 fully saturated rings. The summed E-state index contributed by atoms with van der Waals surface area (Å²) in [7, 11) is 0. The molecule has 0 heterocycles. The van der Waals surface area contributed by atoms with Gasteiger partial charge in [-0.1, -0.05) is 24.3 Å². The van der Waals surface area contributed by atoms with Crippen molar-refractivity contribution in [2.24, 2.45) is 0 Å². The fourth-order valence-electron chi connectivity index (χ4n) is 2.55. The van der Waals surface area contributed by atoms with Crippen LogP contribution in [-0.2, 0) is 4.74 Å². The van der Waals surface area contributed by atoms with E-state index in [4.69, 9.17) is 10.00 Å². The number of nitrogens with one attached hydrogen (secondary N) is 1. The van der Waals surface area contributed by atoms with Crippen molar-refractivity contribution in [3.63, 3.8) is 0 Å². The number of ketones is 1. The van der Waals surface area contributed by atoms with Gasteiger partial charge in [-0.25, -0.2) is 4.79 Å². The van der Waals surface area contributed by atoms with E-state index < -0.39 is 12.6 Å². The standard InChI is InChI=1S/C23H16N2O4/c24-14-16-5-4-8-19(13-16)23(28)29-15-21(26)17-9-11-20(12-10-17)25-22(27)18-6-2-1-3-7-18/h1-13H,15H2,(H,25,27). The minimum absolute atomic E-state index is 0.204. The average molecular weight is 384 g/mol. The summed E-state index contributed by atoms with van der Waals surface area (Å²) in [5.74, 6) is -1.31. The summed E-state index contributed by atoms with van der Waals surface area (Å²) in [4.78, 5) is 36.4. The molecule has 6 nitrogen and oxygen atoms in total. The number of amides is 1. The van der Waals surface area contributed by atoms with Crippen LogP contribution < -0.4 is 5.32 Å². The van der Waals surface area contributed by atoms with E-state index in [1.54, 1.807) is 60.7 Å². The van der Waals surface area contributed by atoms with E-state index in [0.29, 0.717) is 22.4 Å². The molecule has 0 aliphatic heterocycles. The van der Waals surface area contributed by atoms with Gasteiger partial charge in [0.25, 0.3) is 5.91 Å². The maximum absolute atomic E-state index is 12.2. The fraction of sp³-hybridized carbons (Fsp3) is 0.0435. The van der Waals surface area contributed by atoms with Crippen molar-refractivity contribution in [1.29, 1.82) is 5.26 Å². The number of carbonyl (C=O) groups is 3. The molecular weight excluding hydrogens is 368 g/mol. The Labute approximate surface area is 167 Å². The SMILES string of the molecule is N#Cc1cccc(C(=O)OCC(=O)c2ccc(NC(=O)c3ccccc3)cc2)c1. The van der Waals surface area contributed by atoms with E-state index in [2.05, 4.69) is 5.32 Å². The molecule has 29 heavy (non-hydrogen) atoms. The average Bonchev–Trinajstić information content (AvgIpc) is 2.78. The highest BCUT2D eigenvalue weighted by Gasteiger charge is 2.13. The van der Waals surface area contributed by atoms with Gasteiger partial charge in [-0.2, -0.15) is 5.26 Å². The first-order valence-corrected chi connectivity index (χ1v) is 8.74. The third-order valence-electron chi connectivity index (χ3n) is 4.06. The van der Waals surface area contributed by atoms with E-state index in [-0.39, 0.29) is 17.3 Å². The lowest BCUT2D eigenvalue weighted by atomic mass is 10.1. The first-order chi connectivity index (χ1) is 14.1. The zero-order chi connectivity index (χ0) is 20.6. The number of nitriles is 1. The second-order valence-corrected chi connectivity index (χ2v) is 6.09. The Balaban J connectivity index is 1.57. The van der Waals surface area contributed by atoms with Gasteiger partial charge < -0.3 is 10.1 Å². The van der Waals surface area contributed by atoms with Gasteiger partial charge >= 0.3 is 5.97 Å². The summed E-state index contributed by atoms with van der Waals surface area (Å²) in [5.41, 5.74) is 1.96.